The van der Waals surface area contributed by atoms with Crippen molar-refractivity contribution in [2.75, 3.05) is 6.61 Å². The molecule has 3 atom stereocenters. The highest BCUT2D eigenvalue weighted by Gasteiger charge is 2.47. The lowest BCUT2D eigenvalue weighted by Gasteiger charge is -2.49. The molecule has 2 unspecified atom stereocenters. The molecule has 1 aromatic rings. The van der Waals surface area contributed by atoms with Crippen LogP contribution in [-0.4, -0.2) is 17.8 Å². The van der Waals surface area contributed by atoms with Crippen LogP contribution >= 0.6 is 0 Å². The maximum Gasteiger partial charge on any atom is 0.125 e. The van der Waals surface area contributed by atoms with Crippen molar-refractivity contribution in [3.8, 4) is 5.75 Å². The topological polar surface area (TPSA) is 44.5 Å². The van der Waals surface area contributed by atoms with Crippen molar-refractivity contribution >= 4 is 0 Å². The summed E-state index contributed by atoms with van der Waals surface area (Å²) in [5.41, 5.74) is 6.61. The molecule has 0 bridgehead atoms. The predicted molar refractivity (Wildman–Crippen MR) is 75.2 cm³/mol. The highest BCUT2D eigenvalue weighted by atomic mass is 19.1. The zero-order valence-electron chi connectivity index (χ0n) is 12.1. The maximum atomic E-state index is 13.3. The molecule has 3 nitrogen and oxygen atoms in total. The van der Waals surface area contributed by atoms with Crippen LogP contribution in [0, 0.1) is 5.82 Å². The van der Waals surface area contributed by atoms with E-state index in [1.165, 1.54) is 12.1 Å². The molecule has 1 spiro atoms. The monoisotopic (exact) mass is 279 g/mol. The van der Waals surface area contributed by atoms with Crippen molar-refractivity contribution in [1.82, 2.24) is 0 Å². The van der Waals surface area contributed by atoms with Crippen molar-refractivity contribution in [3.63, 3.8) is 0 Å². The highest BCUT2D eigenvalue weighted by molar-refractivity contribution is 5.39. The maximum absolute atomic E-state index is 13.3. The molecule has 2 aliphatic rings. The summed E-state index contributed by atoms with van der Waals surface area (Å²) in [7, 11) is 0. The van der Waals surface area contributed by atoms with Crippen molar-refractivity contribution < 1.29 is 13.9 Å². The van der Waals surface area contributed by atoms with E-state index in [0.717, 1.165) is 37.0 Å². The van der Waals surface area contributed by atoms with E-state index in [9.17, 15) is 4.39 Å². The van der Waals surface area contributed by atoms with Gasteiger partial charge in [-0.25, -0.2) is 4.39 Å². The Morgan fingerprint density at radius 2 is 2.25 bits per heavy atom. The number of hydrogen-bond donors (Lipinski definition) is 1. The van der Waals surface area contributed by atoms with Gasteiger partial charge in [0.15, 0.2) is 0 Å². The quantitative estimate of drug-likeness (QED) is 0.857. The van der Waals surface area contributed by atoms with E-state index in [1.54, 1.807) is 6.07 Å². The average molecular weight is 279 g/mol. The molecule has 3 rings (SSSR count). The normalized spacial score (nSPS) is 36.5. The van der Waals surface area contributed by atoms with E-state index in [2.05, 4.69) is 13.8 Å². The van der Waals surface area contributed by atoms with E-state index < -0.39 is 0 Å². The zero-order chi connectivity index (χ0) is 14.4. The zero-order valence-corrected chi connectivity index (χ0v) is 12.1. The van der Waals surface area contributed by atoms with Crippen LogP contribution in [-0.2, 0) is 4.74 Å². The van der Waals surface area contributed by atoms with Gasteiger partial charge in [-0.3, -0.25) is 0 Å². The first-order valence-electron chi connectivity index (χ1n) is 7.33. The molecule has 2 heterocycles. The summed E-state index contributed by atoms with van der Waals surface area (Å²) < 4.78 is 25.5. The summed E-state index contributed by atoms with van der Waals surface area (Å²) >= 11 is 0. The van der Waals surface area contributed by atoms with E-state index in [4.69, 9.17) is 15.2 Å². The molecule has 1 saturated heterocycles. The minimum Gasteiger partial charge on any atom is -0.487 e. The van der Waals surface area contributed by atoms with Crippen LogP contribution in [0.25, 0.3) is 0 Å². The van der Waals surface area contributed by atoms with Gasteiger partial charge in [-0.05, 0) is 31.5 Å². The fourth-order valence-electron chi connectivity index (χ4n) is 3.48. The molecule has 110 valence electrons. The highest BCUT2D eigenvalue weighted by Crippen LogP contribution is 2.47. The number of hydrogen-bond acceptors (Lipinski definition) is 3. The molecule has 0 saturated carbocycles. The molecule has 0 aliphatic carbocycles. The fraction of sp³-hybridized carbons (Fsp3) is 0.625. The fourth-order valence-corrected chi connectivity index (χ4v) is 3.48. The Kier molecular flexibility index (Phi) is 3.26. The lowest BCUT2D eigenvalue weighted by Crippen LogP contribution is -2.53. The number of nitrogens with two attached hydrogens (primary N) is 1. The second-order valence-corrected chi connectivity index (χ2v) is 6.36. The number of fused-ring (bicyclic) bond motifs is 1. The number of ether oxygens (including phenoxy) is 2. The van der Waals surface area contributed by atoms with Gasteiger partial charge >= 0.3 is 0 Å². The van der Waals surface area contributed by atoms with Crippen molar-refractivity contribution in [2.24, 2.45) is 5.73 Å². The van der Waals surface area contributed by atoms with Gasteiger partial charge in [0.05, 0.1) is 12.2 Å². The molecule has 2 aliphatic heterocycles. The first-order valence-corrected chi connectivity index (χ1v) is 7.33. The van der Waals surface area contributed by atoms with Crippen molar-refractivity contribution in [1.29, 1.82) is 0 Å². The van der Waals surface area contributed by atoms with Crippen LogP contribution in [0.5, 0.6) is 5.75 Å². The summed E-state index contributed by atoms with van der Waals surface area (Å²) in [6.07, 6.45) is 3.35. The average Bonchev–Trinajstić information content (AvgIpc) is 2.40. The molecule has 4 heteroatoms. The summed E-state index contributed by atoms with van der Waals surface area (Å²) in [4.78, 5) is 0. The largest absolute Gasteiger partial charge is 0.487 e. The van der Waals surface area contributed by atoms with Gasteiger partial charge in [0.25, 0.3) is 0 Å². The van der Waals surface area contributed by atoms with Gasteiger partial charge in [0.2, 0.25) is 0 Å². The third kappa shape index (κ3) is 2.31. The summed E-state index contributed by atoms with van der Waals surface area (Å²) in [5.74, 6) is 0.467. The molecule has 0 aromatic heterocycles. The summed E-state index contributed by atoms with van der Waals surface area (Å²) in [6.45, 7) is 4.95. The van der Waals surface area contributed by atoms with Gasteiger partial charge < -0.3 is 15.2 Å². The molecule has 20 heavy (non-hydrogen) atoms. The Bertz CT molecular complexity index is 521. The standard InChI is InChI=1S/C16H22FNO2/c1-3-15(2)10-16(6-7-19-15)9-13(18)12-8-11(17)4-5-14(12)20-16/h4-5,8,13H,3,6-7,9-10,18H2,1-2H3/t13-,15?,16?/m1/s1. The molecule has 1 fully saturated rings. The van der Waals surface area contributed by atoms with E-state index in [-0.39, 0.29) is 23.1 Å². The second kappa shape index (κ2) is 4.71. The lowest BCUT2D eigenvalue weighted by molar-refractivity contribution is -0.151. The van der Waals surface area contributed by atoms with Gasteiger partial charge in [-0.15, -0.1) is 0 Å². The Morgan fingerprint density at radius 1 is 1.45 bits per heavy atom. The third-order valence-electron chi connectivity index (χ3n) is 4.74. The van der Waals surface area contributed by atoms with Crippen LogP contribution in [0.2, 0.25) is 0 Å². The molecular weight excluding hydrogens is 257 g/mol. The van der Waals surface area contributed by atoms with Crippen LogP contribution in [0.3, 0.4) is 0 Å². The van der Waals surface area contributed by atoms with Gasteiger partial charge in [0, 0.05) is 30.9 Å². The Morgan fingerprint density at radius 3 is 3.00 bits per heavy atom. The molecule has 0 radical (unpaired) electrons. The van der Waals surface area contributed by atoms with Crippen molar-refractivity contribution in [3.05, 3.63) is 29.6 Å². The Labute approximate surface area is 119 Å². The van der Waals surface area contributed by atoms with Gasteiger partial charge in [-0.1, -0.05) is 6.92 Å². The van der Waals surface area contributed by atoms with E-state index in [1.807, 2.05) is 0 Å². The van der Waals surface area contributed by atoms with E-state index in [0.29, 0.717) is 6.61 Å². The predicted octanol–water partition coefficient (Wildman–Crippen LogP) is 3.33. The smallest absolute Gasteiger partial charge is 0.125 e. The third-order valence-corrected chi connectivity index (χ3v) is 4.74. The molecule has 2 N–H and O–H groups in total. The van der Waals surface area contributed by atoms with Crippen LogP contribution in [0.1, 0.15) is 51.1 Å². The van der Waals surface area contributed by atoms with E-state index >= 15 is 0 Å². The summed E-state index contributed by atoms with van der Waals surface area (Å²) in [6, 6.07) is 4.45. The molecule has 1 aromatic carbocycles. The number of halogens is 1. The number of benzene rings is 1. The molecule has 0 amide bonds. The van der Waals surface area contributed by atoms with Crippen molar-refractivity contribution in [2.45, 2.75) is 56.8 Å². The SMILES string of the molecule is CCC1(C)CC2(CCO1)C[C@@H](N)c1cc(F)ccc1O2. The van der Waals surface area contributed by atoms with Crippen LogP contribution in [0.4, 0.5) is 4.39 Å². The van der Waals surface area contributed by atoms with Crippen LogP contribution < -0.4 is 10.5 Å². The first kappa shape index (κ1) is 13.8. The number of rotatable bonds is 1. The Hall–Kier alpha value is -1.13. The molecular formula is C16H22FNO2. The Balaban J connectivity index is 1.92. The summed E-state index contributed by atoms with van der Waals surface area (Å²) in [5, 5.41) is 0. The van der Waals surface area contributed by atoms with Crippen LogP contribution in [0.15, 0.2) is 18.2 Å². The second-order valence-electron chi connectivity index (χ2n) is 6.36. The van der Waals surface area contributed by atoms with Gasteiger partial charge in [0.1, 0.15) is 17.2 Å². The minimum atomic E-state index is -0.271. The lowest BCUT2D eigenvalue weighted by atomic mass is 9.75. The first-order chi connectivity index (χ1) is 9.45. The van der Waals surface area contributed by atoms with Gasteiger partial charge in [-0.2, -0.15) is 0 Å². The minimum absolute atomic E-state index is 0.157.